The van der Waals surface area contributed by atoms with Gasteiger partial charge in [-0.3, -0.25) is 10.1 Å². The summed E-state index contributed by atoms with van der Waals surface area (Å²) in [6.45, 7) is 1.95. The molecule has 0 aliphatic rings. The Morgan fingerprint density at radius 2 is 2.05 bits per heavy atom. The first-order valence-corrected chi connectivity index (χ1v) is 6.89. The van der Waals surface area contributed by atoms with E-state index in [0.29, 0.717) is 17.1 Å². The molecule has 2 aromatic carbocycles. The molecule has 0 amide bonds. The summed E-state index contributed by atoms with van der Waals surface area (Å²) >= 11 is 6.08. The molecule has 2 aromatic rings. The lowest BCUT2D eigenvalue weighted by Crippen LogP contribution is -2.10. The standard InChI is InChI=1S/C15H15ClN2O3/c1-2-13(11-5-3-4-6-15(11)19)17-14-9-10(18(20)21)7-8-12(14)16/h3-9,13,17,19H,2H2,1H3. The molecule has 0 saturated carbocycles. The Labute approximate surface area is 127 Å². The highest BCUT2D eigenvalue weighted by atomic mass is 35.5. The molecule has 2 N–H and O–H groups in total. The van der Waals surface area contributed by atoms with Crippen LogP contribution in [0, 0.1) is 10.1 Å². The van der Waals surface area contributed by atoms with E-state index in [1.807, 2.05) is 19.1 Å². The highest BCUT2D eigenvalue weighted by Crippen LogP contribution is 2.33. The minimum atomic E-state index is -0.470. The number of phenolic OH excluding ortho intramolecular Hbond substituents is 1. The summed E-state index contributed by atoms with van der Waals surface area (Å²) in [4.78, 5) is 10.4. The van der Waals surface area contributed by atoms with Crippen LogP contribution in [0.5, 0.6) is 5.75 Å². The number of anilines is 1. The van der Waals surface area contributed by atoms with Gasteiger partial charge in [0, 0.05) is 17.7 Å². The molecule has 0 aromatic heterocycles. The van der Waals surface area contributed by atoms with E-state index in [-0.39, 0.29) is 17.5 Å². The number of aromatic hydroxyl groups is 1. The van der Waals surface area contributed by atoms with Gasteiger partial charge in [0.05, 0.1) is 21.7 Å². The van der Waals surface area contributed by atoms with Crippen molar-refractivity contribution in [3.05, 3.63) is 63.2 Å². The van der Waals surface area contributed by atoms with Crippen molar-refractivity contribution in [2.75, 3.05) is 5.32 Å². The topological polar surface area (TPSA) is 75.4 Å². The SMILES string of the molecule is CCC(Nc1cc([N+](=O)[O-])ccc1Cl)c1ccccc1O. The van der Waals surface area contributed by atoms with E-state index in [9.17, 15) is 15.2 Å². The highest BCUT2D eigenvalue weighted by Gasteiger charge is 2.16. The normalized spacial score (nSPS) is 11.9. The van der Waals surface area contributed by atoms with Crippen molar-refractivity contribution in [1.29, 1.82) is 0 Å². The largest absolute Gasteiger partial charge is 0.508 e. The number of nitro groups is 1. The van der Waals surface area contributed by atoms with Gasteiger partial charge < -0.3 is 10.4 Å². The number of nitrogens with one attached hydrogen (secondary N) is 1. The fourth-order valence-corrected chi connectivity index (χ4v) is 2.28. The van der Waals surface area contributed by atoms with Crippen LogP contribution in [0.2, 0.25) is 5.02 Å². The Bertz CT molecular complexity index is 661. The van der Waals surface area contributed by atoms with Gasteiger partial charge in [0.15, 0.2) is 0 Å². The Hall–Kier alpha value is -2.27. The molecule has 0 aliphatic carbocycles. The predicted molar refractivity (Wildman–Crippen MR) is 82.9 cm³/mol. The Kier molecular flexibility index (Phi) is 4.65. The monoisotopic (exact) mass is 306 g/mol. The number of nitro benzene ring substituents is 1. The Balaban J connectivity index is 2.33. The van der Waals surface area contributed by atoms with E-state index in [2.05, 4.69) is 5.32 Å². The molecule has 5 nitrogen and oxygen atoms in total. The van der Waals surface area contributed by atoms with Gasteiger partial charge in [-0.25, -0.2) is 0 Å². The van der Waals surface area contributed by atoms with E-state index in [1.165, 1.54) is 18.2 Å². The summed E-state index contributed by atoms with van der Waals surface area (Å²) in [6.07, 6.45) is 0.691. The molecule has 21 heavy (non-hydrogen) atoms. The van der Waals surface area contributed by atoms with Crippen LogP contribution in [0.3, 0.4) is 0 Å². The number of para-hydroxylation sites is 1. The molecule has 0 bridgehead atoms. The maximum atomic E-state index is 10.8. The number of phenols is 1. The average Bonchev–Trinajstić information content (AvgIpc) is 2.47. The third-order valence-corrected chi connectivity index (χ3v) is 3.54. The lowest BCUT2D eigenvalue weighted by molar-refractivity contribution is -0.384. The molecule has 0 aliphatic heterocycles. The molecular weight excluding hydrogens is 292 g/mol. The van der Waals surface area contributed by atoms with Crippen LogP contribution in [-0.2, 0) is 0 Å². The first-order chi connectivity index (χ1) is 10.0. The van der Waals surface area contributed by atoms with E-state index < -0.39 is 4.92 Å². The van der Waals surface area contributed by atoms with Crippen LogP contribution in [0.1, 0.15) is 24.9 Å². The second-order valence-electron chi connectivity index (χ2n) is 4.59. The van der Waals surface area contributed by atoms with Gasteiger partial charge >= 0.3 is 0 Å². The molecule has 0 spiro atoms. The summed E-state index contributed by atoms with van der Waals surface area (Å²) in [7, 11) is 0. The minimum absolute atomic E-state index is 0.0333. The first kappa shape index (κ1) is 15.1. The molecule has 0 saturated heterocycles. The summed E-state index contributed by atoms with van der Waals surface area (Å²) < 4.78 is 0. The number of nitrogens with zero attached hydrogens (tertiary/aromatic N) is 1. The summed E-state index contributed by atoms with van der Waals surface area (Å²) in [5.41, 5.74) is 1.16. The molecular formula is C15H15ClN2O3. The minimum Gasteiger partial charge on any atom is -0.508 e. The molecule has 110 valence electrons. The highest BCUT2D eigenvalue weighted by molar-refractivity contribution is 6.33. The van der Waals surface area contributed by atoms with Crippen molar-refractivity contribution < 1.29 is 10.0 Å². The van der Waals surface area contributed by atoms with Crippen molar-refractivity contribution >= 4 is 23.0 Å². The fourth-order valence-electron chi connectivity index (χ4n) is 2.11. The van der Waals surface area contributed by atoms with E-state index in [0.717, 1.165) is 5.56 Å². The zero-order valence-corrected chi connectivity index (χ0v) is 12.2. The third kappa shape index (κ3) is 3.44. The van der Waals surface area contributed by atoms with Crippen LogP contribution in [-0.4, -0.2) is 10.0 Å². The van der Waals surface area contributed by atoms with Crippen molar-refractivity contribution in [3.63, 3.8) is 0 Å². The number of non-ortho nitro benzene ring substituents is 1. The second-order valence-corrected chi connectivity index (χ2v) is 4.99. The summed E-state index contributed by atoms with van der Waals surface area (Å²) in [5, 5.41) is 24.3. The molecule has 1 unspecified atom stereocenters. The molecule has 0 fully saturated rings. The first-order valence-electron chi connectivity index (χ1n) is 6.51. The van der Waals surface area contributed by atoms with Crippen molar-refractivity contribution in [2.24, 2.45) is 0 Å². The number of hydrogen-bond acceptors (Lipinski definition) is 4. The van der Waals surface area contributed by atoms with Crippen LogP contribution in [0.4, 0.5) is 11.4 Å². The van der Waals surface area contributed by atoms with Gasteiger partial charge in [-0.15, -0.1) is 0 Å². The smallest absolute Gasteiger partial charge is 0.271 e. The predicted octanol–water partition coefficient (Wildman–Crippen LogP) is 4.52. The molecule has 0 radical (unpaired) electrons. The van der Waals surface area contributed by atoms with Gasteiger partial charge in [0.25, 0.3) is 5.69 Å². The van der Waals surface area contributed by atoms with Gasteiger partial charge in [-0.2, -0.15) is 0 Å². The van der Waals surface area contributed by atoms with Crippen LogP contribution < -0.4 is 5.32 Å². The van der Waals surface area contributed by atoms with Crippen molar-refractivity contribution in [3.8, 4) is 5.75 Å². The maximum Gasteiger partial charge on any atom is 0.271 e. The molecule has 0 heterocycles. The second kappa shape index (κ2) is 6.45. The zero-order valence-electron chi connectivity index (χ0n) is 11.4. The van der Waals surface area contributed by atoms with Crippen LogP contribution in [0.25, 0.3) is 0 Å². The lowest BCUT2D eigenvalue weighted by Gasteiger charge is -2.20. The quantitative estimate of drug-likeness (QED) is 0.629. The van der Waals surface area contributed by atoms with E-state index >= 15 is 0 Å². The fraction of sp³-hybridized carbons (Fsp3) is 0.200. The van der Waals surface area contributed by atoms with Crippen molar-refractivity contribution in [2.45, 2.75) is 19.4 Å². The number of benzene rings is 2. The molecule has 1 atom stereocenters. The maximum absolute atomic E-state index is 10.8. The van der Waals surface area contributed by atoms with Gasteiger partial charge in [-0.05, 0) is 18.6 Å². The lowest BCUT2D eigenvalue weighted by atomic mass is 10.0. The molecule has 6 heteroatoms. The van der Waals surface area contributed by atoms with Crippen LogP contribution in [0.15, 0.2) is 42.5 Å². The number of halogens is 1. The molecule has 2 rings (SSSR count). The van der Waals surface area contributed by atoms with Crippen LogP contribution >= 0.6 is 11.6 Å². The van der Waals surface area contributed by atoms with E-state index in [4.69, 9.17) is 11.6 Å². The summed E-state index contributed by atoms with van der Waals surface area (Å²) in [5.74, 6) is 0.179. The Morgan fingerprint density at radius 1 is 1.33 bits per heavy atom. The number of rotatable bonds is 5. The average molecular weight is 307 g/mol. The third-order valence-electron chi connectivity index (χ3n) is 3.21. The van der Waals surface area contributed by atoms with Gasteiger partial charge in [0.2, 0.25) is 0 Å². The van der Waals surface area contributed by atoms with Crippen molar-refractivity contribution in [1.82, 2.24) is 0 Å². The Morgan fingerprint density at radius 3 is 2.67 bits per heavy atom. The van der Waals surface area contributed by atoms with Gasteiger partial charge in [-0.1, -0.05) is 36.7 Å². The van der Waals surface area contributed by atoms with Gasteiger partial charge in [0.1, 0.15) is 5.75 Å². The van der Waals surface area contributed by atoms with E-state index in [1.54, 1.807) is 12.1 Å². The summed E-state index contributed by atoms with van der Waals surface area (Å²) in [6, 6.07) is 11.0. The number of hydrogen-bond donors (Lipinski definition) is 2. The zero-order chi connectivity index (χ0) is 15.4.